The van der Waals surface area contributed by atoms with Crippen LogP contribution in [0.5, 0.6) is 0 Å². The Bertz CT molecular complexity index is 988. The van der Waals surface area contributed by atoms with Crippen LogP contribution in [0.15, 0.2) is 48.5 Å². The Morgan fingerprint density at radius 3 is 2.27 bits per heavy atom. The largest absolute Gasteiger partial charge is 0.445 e. The molecule has 7 nitrogen and oxygen atoms in total. The summed E-state index contributed by atoms with van der Waals surface area (Å²) in [5, 5.41) is 3.53. The summed E-state index contributed by atoms with van der Waals surface area (Å²) in [5.41, 5.74) is 3.99. The third-order valence-electron chi connectivity index (χ3n) is 7.22. The summed E-state index contributed by atoms with van der Waals surface area (Å²) >= 11 is 0. The Kier molecular flexibility index (Phi) is 6.22. The Labute approximate surface area is 195 Å². The first kappa shape index (κ1) is 21.8. The third-order valence-corrected chi connectivity index (χ3v) is 7.22. The molecular weight excluding hydrogens is 416 g/mol. The second-order valence-corrected chi connectivity index (χ2v) is 9.22. The number of anilines is 1. The van der Waals surface area contributed by atoms with Crippen LogP contribution in [-0.2, 0) is 11.3 Å². The lowest BCUT2D eigenvalue weighted by atomic mass is 10.0. The predicted octanol–water partition coefficient (Wildman–Crippen LogP) is 3.03. The Morgan fingerprint density at radius 1 is 0.909 bits per heavy atom. The fraction of sp³-hybridized carbons (Fsp3) is 0.462. The first-order valence-corrected chi connectivity index (χ1v) is 12.0. The molecule has 7 heteroatoms. The van der Waals surface area contributed by atoms with E-state index in [2.05, 4.69) is 23.2 Å². The van der Waals surface area contributed by atoms with Gasteiger partial charge in [0.25, 0.3) is 5.91 Å². The molecule has 0 aromatic heterocycles. The van der Waals surface area contributed by atoms with Crippen molar-refractivity contribution in [3.05, 3.63) is 65.2 Å². The van der Waals surface area contributed by atoms with E-state index in [1.807, 2.05) is 47.4 Å². The smallest absolute Gasteiger partial charge is 0.410 e. The highest BCUT2D eigenvalue weighted by atomic mass is 16.6. The molecule has 2 unspecified atom stereocenters. The molecule has 3 heterocycles. The average molecular weight is 449 g/mol. The number of carbonyl (C=O) groups is 2. The molecule has 3 fully saturated rings. The van der Waals surface area contributed by atoms with Crippen LogP contribution in [0.1, 0.15) is 34.3 Å². The normalized spacial score (nSPS) is 22.4. The quantitative estimate of drug-likeness (QED) is 0.779. The fourth-order valence-corrected chi connectivity index (χ4v) is 5.38. The number of carbonyl (C=O) groups excluding carboxylic acids is 2. The van der Waals surface area contributed by atoms with Crippen LogP contribution in [0.25, 0.3) is 0 Å². The van der Waals surface area contributed by atoms with Crippen molar-refractivity contribution in [3.63, 3.8) is 0 Å². The standard InChI is InChI=1S/C26H32N4O3/c1-19-23(8-5-9-24(19)30-21-10-11-22(30)17-27-16-21)25(31)28-12-14-29(15-13-28)26(32)33-18-20-6-3-2-4-7-20/h2-9,21-22,27H,10-18H2,1H3. The van der Waals surface area contributed by atoms with Crippen molar-refractivity contribution >= 4 is 17.7 Å². The summed E-state index contributed by atoms with van der Waals surface area (Å²) in [4.78, 5) is 31.9. The van der Waals surface area contributed by atoms with Crippen LogP contribution in [-0.4, -0.2) is 73.2 Å². The lowest BCUT2D eigenvalue weighted by Crippen LogP contribution is -2.52. The van der Waals surface area contributed by atoms with E-state index in [1.165, 1.54) is 18.5 Å². The van der Waals surface area contributed by atoms with Crippen LogP contribution in [0, 0.1) is 6.92 Å². The number of amides is 2. The summed E-state index contributed by atoms with van der Waals surface area (Å²) in [7, 11) is 0. The Morgan fingerprint density at radius 2 is 1.58 bits per heavy atom. The van der Waals surface area contributed by atoms with Crippen LogP contribution < -0.4 is 10.2 Å². The topological polar surface area (TPSA) is 65.1 Å². The van der Waals surface area contributed by atoms with Gasteiger partial charge in [-0.15, -0.1) is 0 Å². The van der Waals surface area contributed by atoms with Crippen LogP contribution in [0.2, 0.25) is 0 Å². The van der Waals surface area contributed by atoms with Gasteiger partial charge >= 0.3 is 6.09 Å². The molecule has 1 N–H and O–H groups in total. The van der Waals surface area contributed by atoms with E-state index < -0.39 is 0 Å². The average Bonchev–Trinajstić information content (AvgIpc) is 3.10. The van der Waals surface area contributed by atoms with Gasteiger partial charge in [-0.05, 0) is 43.0 Å². The first-order valence-electron chi connectivity index (χ1n) is 12.0. The fourth-order valence-electron chi connectivity index (χ4n) is 5.38. The summed E-state index contributed by atoms with van der Waals surface area (Å²) in [6.07, 6.45) is 2.09. The van der Waals surface area contributed by atoms with E-state index in [0.29, 0.717) is 38.3 Å². The van der Waals surface area contributed by atoms with Gasteiger partial charge in [0, 0.05) is 62.6 Å². The van der Waals surface area contributed by atoms with Gasteiger partial charge < -0.3 is 24.8 Å². The van der Waals surface area contributed by atoms with E-state index in [-0.39, 0.29) is 18.6 Å². The molecule has 0 aliphatic carbocycles. The maximum absolute atomic E-state index is 13.4. The minimum Gasteiger partial charge on any atom is -0.445 e. The maximum Gasteiger partial charge on any atom is 0.410 e. The Balaban J connectivity index is 1.20. The monoisotopic (exact) mass is 448 g/mol. The lowest BCUT2D eigenvalue weighted by molar-refractivity contribution is 0.0543. The van der Waals surface area contributed by atoms with Gasteiger partial charge in [0.1, 0.15) is 6.61 Å². The molecule has 3 aliphatic rings. The van der Waals surface area contributed by atoms with E-state index in [0.717, 1.165) is 29.8 Å². The third kappa shape index (κ3) is 4.42. The molecule has 3 aliphatic heterocycles. The molecule has 2 amide bonds. The van der Waals surface area contributed by atoms with Gasteiger partial charge in [0.2, 0.25) is 0 Å². The van der Waals surface area contributed by atoms with E-state index in [1.54, 1.807) is 4.90 Å². The lowest BCUT2D eigenvalue weighted by Gasteiger charge is -2.39. The number of nitrogens with one attached hydrogen (secondary N) is 1. The number of fused-ring (bicyclic) bond motifs is 2. The summed E-state index contributed by atoms with van der Waals surface area (Å²) in [5.74, 6) is 0.0501. The van der Waals surface area contributed by atoms with Gasteiger partial charge in [-0.1, -0.05) is 36.4 Å². The van der Waals surface area contributed by atoms with Gasteiger partial charge in [0.15, 0.2) is 0 Å². The maximum atomic E-state index is 13.4. The number of hydrogen-bond donors (Lipinski definition) is 1. The van der Waals surface area contributed by atoms with Crippen molar-refractivity contribution < 1.29 is 14.3 Å². The molecule has 2 aromatic carbocycles. The van der Waals surface area contributed by atoms with Crippen molar-refractivity contribution in [1.82, 2.24) is 15.1 Å². The van der Waals surface area contributed by atoms with Gasteiger partial charge in [-0.2, -0.15) is 0 Å². The highest BCUT2D eigenvalue weighted by Gasteiger charge is 2.37. The number of piperazine rings is 2. The highest BCUT2D eigenvalue weighted by molar-refractivity contribution is 5.97. The van der Waals surface area contributed by atoms with E-state index >= 15 is 0 Å². The summed E-state index contributed by atoms with van der Waals surface area (Å²) in [6.45, 7) is 6.36. The molecule has 33 heavy (non-hydrogen) atoms. The molecule has 2 atom stereocenters. The zero-order chi connectivity index (χ0) is 22.8. The molecule has 5 rings (SSSR count). The van der Waals surface area contributed by atoms with Crippen molar-refractivity contribution in [2.45, 2.75) is 38.5 Å². The van der Waals surface area contributed by atoms with Crippen molar-refractivity contribution in [2.24, 2.45) is 0 Å². The number of ether oxygens (including phenoxy) is 1. The van der Waals surface area contributed by atoms with Crippen molar-refractivity contribution in [3.8, 4) is 0 Å². The number of nitrogens with zero attached hydrogens (tertiary/aromatic N) is 3. The van der Waals surface area contributed by atoms with Gasteiger partial charge in [-0.25, -0.2) is 4.79 Å². The minimum atomic E-state index is -0.321. The SMILES string of the molecule is Cc1c(C(=O)N2CCN(C(=O)OCc3ccccc3)CC2)cccc1N1C2CCC1CNC2. The predicted molar refractivity (Wildman–Crippen MR) is 127 cm³/mol. The van der Waals surface area contributed by atoms with Crippen LogP contribution in [0.4, 0.5) is 10.5 Å². The van der Waals surface area contributed by atoms with E-state index in [4.69, 9.17) is 4.74 Å². The first-order chi connectivity index (χ1) is 16.1. The molecular formula is C26H32N4O3. The second kappa shape index (κ2) is 9.43. The molecule has 174 valence electrons. The molecule has 0 spiro atoms. The molecule has 0 radical (unpaired) electrons. The van der Waals surface area contributed by atoms with Crippen molar-refractivity contribution in [1.29, 1.82) is 0 Å². The number of rotatable bonds is 4. The highest BCUT2D eigenvalue weighted by Crippen LogP contribution is 2.35. The molecule has 3 saturated heterocycles. The minimum absolute atomic E-state index is 0.0501. The molecule has 2 aromatic rings. The molecule has 2 bridgehead atoms. The van der Waals surface area contributed by atoms with Crippen LogP contribution >= 0.6 is 0 Å². The Hall–Kier alpha value is -3.06. The number of hydrogen-bond acceptors (Lipinski definition) is 5. The molecule has 0 saturated carbocycles. The zero-order valence-corrected chi connectivity index (χ0v) is 19.2. The zero-order valence-electron chi connectivity index (χ0n) is 19.2. The van der Waals surface area contributed by atoms with Gasteiger partial charge in [-0.3, -0.25) is 4.79 Å². The summed E-state index contributed by atoms with van der Waals surface area (Å²) < 4.78 is 5.45. The van der Waals surface area contributed by atoms with Gasteiger partial charge in [0.05, 0.1) is 0 Å². The van der Waals surface area contributed by atoms with Crippen LogP contribution in [0.3, 0.4) is 0 Å². The van der Waals surface area contributed by atoms with E-state index in [9.17, 15) is 9.59 Å². The number of benzene rings is 2. The summed E-state index contributed by atoms with van der Waals surface area (Å²) in [6, 6.07) is 16.8. The van der Waals surface area contributed by atoms with Crippen molar-refractivity contribution in [2.75, 3.05) is 44.2 Å². The second-order valence-electron chi connectivity index (χ2n) is 9.22.